The molecule has 1 saturated heterocycles. The lowest BCUT2D eigenvalue weighted by Gasteiger charge is -2.31. The van der Waals surface area contributed by atoms with Gasteiger partial charge >= 0.3 is 12.1 Å². The van der Waals surface area contributed by atoms with Crippen LogP contribution < -0.4 is 4.74 Å². The Labute approximate surface area is 178 Å². The van der Waals surface area contributed by atoms with Crippen molar-refractivity contribution in [1.82, 2.24) is 9.88 Å². The van der Waals surface area contributed by atoms with E-state index >= 15 is 0 Å². The molecule has 1 N–H and O–H groups in total. The Morgan fingerprint density at radius 2 is 2.00 bits per heavy atom. The summed E-state index contributed by atoms with van der Waals surface area (Å²) >= 11 is 1.42. The average Bonchev–Trinajstić information content (AvgIpc) is 3.32. The van der Waals surface area contributed by atoms with Crippen molar-refractivity contribution in [3.63, 3.8) is 0 Å². The van der Waals surface area contributed by atoms with E-state index in [1.54, 1.807) is 0 Å². The number of aliphatic carboxylic acids is 1. The van der Waals surface area contributed by atoms with E-state index in [1.807, 2.05) is 22.4 Å². The van der Waals surface area contributed by atoms with Crippen molar-refractivity contribution in [2.75, 3.05) is 13.2 Å². The maximum atomic E-state index is 13.9. The lowest BCUT2D eigenvalue weighted by atomic mass is 10.1. The first-order valence-corrected chi connectivity index (χ1v) is 10.1. The van der Waals surface area contributed by atoms with Crippen molar-refractivity contribution in [3.05, 3.63) is 46.5 Å². The predicted molar refractivity (Wildman–Crippen MR) is 100 cm³/mol. The molecular formula is C19H18F4N2O5S. The first-order chi connectivity index (χ1) is 14.7. The number of pyridine rings is 1. The molecule has 3 atom stereocenters. The third kappa shape index (κ3) is 5.50. The summed E-state index contributed by atoms with van der Waals surface area (Å²) < 4.78 is 57.3. The van der Waals surface area contributed by atoms with Crippen LogP contribution in [0.2, 0.25) is 0 Å². The highest BCUT2D eigenvalue weighted by Gasteiger charge is 2.46. The summed E-state index contributed by atoms with van der Waals surface area (Å²) in [4.78, 5) is 28.2. The maximum Gasteiger partial charge on any atom is 0.490 e. The van der Waals surface area contributed by atoms with Crippen LogP contribution in [0.4, 0.5) is 17.6 Å². The van der Waals surface area contributed by atoms with Crippen LogP contribution in [-0.4, -0.2) is 64.4 Å². The zero-order valence-corrected chi connectivity index (χ0v) is 16.7. The first kappa shape index (κ1) is 22.9. The van der Waals surface area contributed by atoms with Crippen LogP contribution in [0.25, 0.3) is 0 Å². The third-order valence-corrected chi connectivity index (χ3v) is 5.62. The molecule has 2 bridgehead atoms. The molecule has 0 spiro atoms. The molecule has 1 saturated carbocycles. The highest BCUT2D eigenvalue weighted by Crippen LogP contribution is 2.34. The van der Waals surface area contributed by atoms with Crippen molar-refractivity contribution < 1.29 is 41.7 Å². The maximum absolute atomic E-state index is 13.9. The number of fused-ring (bicyclic) bond motifs is 2. The number of hydrogen-bond donors (Lipinski definition) is 1. The second-order valence-electron chi connectivity index (χ2n) is 6.71. The average molecular weight is 462 g/mol. The summed E-state index contributed by atoms with van der Waals surface area (Å²) in [5.41, 5.74) is 0. The number of hydrogen-bond acceptors (Lipinski definition) is 6. The molecule has 31 heavy (non-hydrogen) atoms. The number of aromatic nitrogens is 1. The van der Waals surface area contributed by atoms with Gasteiger partial charge in [0, 0.05) is 12.7 Å². The summed E-state index contributed by atoms with van der Waals surface area (Å²) in [6.45, 7) is 0.977. The van der Waals surface area contributed by atoms with Crippen molar-refractivity contribution >= 4 is 23.2 Å². The molecule has 2 aliphatic rings. The number of halogens is 4. The van der Waals surface area contributed by atoms with E-state index in [-0.39, 0.29) is 23.9 Å². The van der Waals surface area contributed by atoms with E-state index < -0.39 is 24.1 Å². The standard InChI is InChI=1S/C17H17FN2O3S.C2HF3O2/c18-11-3-1-7-19-16(11)23-15-12-5-6-13(15)22-9-8-20(12)17(21)14-4-2-10-24-14;3-2(4,5)1(6)7/h1-4,7,10,12-13,15H,5-6,8-9H2;(H,6,7). The highest BCUT2D eigenvalue weighted by atomic mass is 32.1. The smallest absolute Gasteiger partial charge is 0.475 e. The van der Waals surface area contributed by atoms with Gasteiger partial charge in [-0.25, -0.2) is 14.2 Å². The molecule has 3 heterocycles. The van der Waals surface area contributed by atoms with E-state index in [4.69, 9.17) is 19.4 Å². The largest absolute Gasteiger partial charge is 0.490 e. The summed E-state index contributed by atoms with van der Waals surface area (Å²) in [5.74, 6) is -3.31. The van der Waals surface area contributed by atoms with E-state index in [0.717, 1.165) is 12.8 Å². The number of carbonyl (C=O) groups is 2. The SMILES string of the molecule is O=C(O)C(F)(F)F.O=C(c1cccs1)N1CCOC2CCC1C2Oc1ncccc1F. The summed E-state index contributed by atoms with van der Waals surface area (Å²) in [6, 6.07) is 6.39. The van der Waals surface area contributed by atoms with E-state index in [1.165, 1.54) is 29.7 Å². The minimum absolute atomic E-state index is 0.0174. The topological polar surface area (TPSA) is 89.0 Å². The van der Waals surface area contributed by atoms with Gasteiger partial charge in [0.15, 0.2) is 5.82 Å². The number of amides is 1. The fraction of sp³-hybridized carbons (Fsp3) is 0.421. The Kier molecular flexibility index (Phi) is 7.11. The number of thiophene rings is 1. The second-order valence-corrected chi connectivity index (χ2v) is 7.65. The second kappa shape index (κ2) is 9.60. The number of ether oxygens (including phenoxy) is 2. The number of alkyl halides is 3. The van der Waals surface area contributed by atoms with Crippen molar-refractivity contribution in [1.29, 1.82) is 0 Å². The van der Waals surface area contributed by atoms with Crippen molar-refractivity contribution in [2.24, 2.45) is 0 Å². The molecule has 2 aromatic heterocycles. The van der Waals surface area contributed by atoms with Gasteiger partial charge in [-0.1, -0.05) is 6.07 Å². The first-order valence-electron chi connectivity index (χ1n) is 9.22. The summed E-state index contributed by atoms with van der Waals surface area (Å²) in [7, 11) is 0. The zero-order chi connectivity index (χ0) is 22.6. The Morgan fingerprint density at radius 3 is 2.61 bits per heavy atom. The van der Waals surface area contributed by atoms with Crippen molar-refractivity contribution in [3.8, 4) is 5.88 Å². The van der Waals surface area contributed by atoms with Gasteiger partial charge in [-0.15, -0.1) is 11.3 Å². The van der Waals surface area contributed by atoms with Gasteiger partial charge in [-0.2, -0.15) is 13.2 Å². The molecule has 168 valence electrons. The van der Waals surface area contributed by atoms with Crippen LogP contribution in [0.15, 0.2) is 35.8 Å². The van der Waals surface area contributed by atoms with Crippen LogP contribution in [0.1, 0.15) is 22.5 Å². The van der Waals surface area contributed by atoms with Crippen LogP contribution in [0, 0.1) is 5.82 Å². The van der Waals surface area contributed by atoms with E-state index in [9.17, 15) is 22.4 Å². The van der Waals surface area contributed by atoms with Gasteiger partial charge in [0.1, 0.15) is 6.10 Å². The van der Waals surface area contributed by atoms with Gasteiger partial charge in [0.2, 0.25) is 0 Å². The van der Waals surface area contributed by atoms with Gasteiger partial charge in [-0.3, -0.25) is 4.79 Å². The fourth-order valence-corrected chi connectivity index (χ4v) is 4.11. The van der Waals surface area contributed by atoms with Crippen LogP contribution in [-0.2, 0) is 9.53 Å². The minimum atomic E-state index is -5.08. The molecule has 2 fully saturated rings. The van der Waals surface area contributed by atoms with Crippen LogP contribution >= 0.6 is 11.3 Å². The molecule has 0 aromatic carbocycles. The van der Waals surface area contributed by atoms with Gasteiger partial charge < -0.3 is 19.5 Å². The van der Waals surface area contributed by atoms with E-state index in [2.05, 4.69) is 4.98 Å². The molecular weight excluding hydrogens is 444 g/mol. The number of carbonyl (C=O) groups excluding carboxylic acids is 1. The lowest BCUT2D eigenvalue weighted by molar-refractivity contribution is -0.192. The molecule has 7 nitrogen and oxygen atoms in total. The van der Waals surface area contributed by atoms with Crippen LogP contribution in [0.5, 0.6) is 5.88 Å². The lowest BCUT2D eigenvalue weighted by Crippen LogP contribution is -2.47. The predicted octanol–water partition coefficient (Wildman–Crippen LogP) is 3.37. The number of nitrogens with zero attached hydrogens (tertiary/aromatic N) is 2. The number of carboxylic acid groups (broad SMARTS) is 1. The van der Waals surface area contributed by atoms with Gasteiger partial charge in [-0.05, 0) is 36.4 Å². The van der Waals surface area contributed by atoms with Gasteiger partial charge in [0.05, 0.1) is 23.6 Å². The normalized spacial score (nSPS) is 22.8. The van der Waals surface area contributed by atoms with Crippen LogP contribution in [0.3, 0.4) is 0 Å². The molecule has 1 amide bonds. The Morgan fingerprint density at radius 1 is 1.26 bits per heavy atom. The molecule has 2 aromatic rings. The minimum Gasteiger partial charge on any atom is -0.475 e. The third-order valence-electron chi connectivity index (χ3n) is 4.76. The molecule has 12 heteroatoms. The van der Waals surface area contributed by atoms with Gasteiger partial charge in [0.25, 0.3) is 11.8 Å². The van der Waals surface area contributed by atoms with E-state index in [0.29, 0.717) is 18.0 Å². The Hall–Kier alpha value is -2.73. The fourth-order valence-electron chi connectivity index (χ4n) is 3.43. The Bertz CT molecular complexity index is 909. The summed E-state index contributed by atoms with van der Waals surface area (Å²) in [5, 5.41) is 9.01. The van der Waals surface area contributed by atoms with Crippen molar-refractivity contribution in [2.45, 2.75) is 37.3 Å². The highest BCUT2D eigenvalue weighted by molar-refractivity contribution is 7.12. The molecule has 4 rings (SSSR count). The zero-order valence-electron chi connectivity index (χ0n) is 15.9. The molecule has 0 radical (unpaired) electrons. The molecule has 1 aliphatic heterocycles. The summed E-state index contributed by atoms with van der Waals surface area (Å²) in [6.07, 6.45) is -2.57. The monoisotopic (exact) mass is 462 g/mol. The molecule has 1 aliphatic carbocycles. The number of rotatable bonds is 3. The quantitative estimate of drug-likeness (QED) is 0.704. The molecule has 3 unspecified atom stereocenters. The Balaban J connectivity index is 0.000000339. The number of carboxylic acids is 1.